The van der Waals surface area contributed by atoms with Crippen LogP contribution in [0.1, 0.15) is 5.56 Å². The maximum Gasteiger partial charge on any atom is 0.416 e. The Labute approximate surface area is 151 Å². The van der Waals surface area contributed by atoms with Crippen molar-refractivity contribution >= 4 is 32.7 Å². The minimum atomic E-state index is -4.41. The average molecular weight is 363 g/mol. The summed E-state index contributed by atoms with van der Waals surface area (Å²) in [5, 5.41) is 2.51. The van der Waals surface area contributed by atoms with Gasteiger partial charge in [0.25, 0.3) is 0 Å². The largest absolute Gasteiger partial charge is 0.416 e. The van der Waals surface area contributed by atoms with Gasteiger partial charge in [0, 0.05) is 39.6 Å². The maximum absolute atomic E-state index is 13.2. The van der Waals surface area contributed by atoms with Crippen LogP contribution in [0, 0.1) is 0 Å². The first-order chi connectivity index (χ1) is 13.0. The highest BCUT2D eigenvalue weighted by Crippen LogP contribution is 2.38. The fraction of sp³-hybridized carbons (Fsp3) is 0.0476. The summed E-state index contributed by atoms with van der Waals surface area (Å²) in [6.45, 7) is 0. The van der Waals surface area contributed by atoms with Crippen molar-refractivity contribution in [2.24, 2.45) is 0 Å². The zero-order valence-corrected chi connectivity index (χ0v) is 13.9. The first-order valence-electron chi connectivity index (χ1n) is 8.34. The Hall–Kier alpha value is -3.41. The number of benzene rings is 2. The molecule has 0 aliphatic carbocycles. The van der Waals surface area contributed by atoms with Crippen molar-refractivity contribution in [3.05, 3.63) is 72.6 Å². The van der Waals surface area contributed by atoms with E-state index in [-0.39, 0.29) is 0 Å². The van der Waals surface area contributed by atoms with Crippen LogP contribution >= 0.6 is 0 Å². The summed E-state index contributed by atoms with van der Waals surface area (Å²) < 4.78 is 39.6. The first-order valence-corrected chi connectivity index (χ1v) is 8.34. The molecule has 0 saturated heterocycles. The Balaban J connectivity index is 1.97. The molecule has 0 spiro atoms. The minimum Gasteiger partial charge on any atom is -0.353 e. The SMILES string of the molecule is FC(F)(F)c1ccc2c(c1)nc(-c1ccncc1)c1[nH]c3ccccc3c12. The first kappa shape index (κ1) is 15.8. The lowest BCUT2D eigenvalue weighted by Crippen LogP contribution is -2.04. The van der Waals surface area contributed by atoms with E-state index in [2.05, 4.69) is 15.0 Å². The Bertz CT molecular complexity index is 1300. The van der Waals surface area contributed by atoms with E-state index in [0.717, 1.165) is 39.5 Å². The summed E-state index contributed by atoms with van der Waals surface area (Å²) >= 11 is 0. The molecule has 6 heteroatoms. The van der Waals surface area contributed by atoms with Crippen molar-refractivity contribution in [1.82, 2.24) is 15.0 Å². The smallest absolute Gasteiger partial charge is 0.353 e. The van der Waals surface area contributed by atoms with Crippen molar-refractivity contribution in [3.63, 3.8) is 0 Å². The predicted molar refractivity (Wildman–Crippen MR) is 99.3 cm³/mol. The average Bonchev–Trinajstić information content (AvgIpc) is 3.06. The van der Waals surface area contributed by atoms with Gasteiger partial charge >= 0.3 is 6.18 Å². The number of H-pyrrole nitrogens is 1. The summed E-state index contributed by atoms with van der Waals surface area (Å²) in [6, 6.07) is 15.1. The van der Waals surface area contributed by atoms with Gasteiger partial charge in [-0.05, 0) is 30.3 Å². The van der Waals surface area contributed by atoms with Crippen molar-refractivity contribution in [1.29, 1.82) is 0 Å². The van der Waals surface area contributed by atoms with E-state index in [1.165, 1.54) is 6.07 Å². The third kappa shape index (κ3) is 2.44. The second kappa shape index (κ2) is 5.54. The Morgan fingerprint density at radius 2 is 1.63 bits per heavy atom. The predicted octanol–water partition coefficient (Wildman–Crippen LogP) is 5.95. The zero-order chi connectivity index (χ0) is 18.6. The Kier molecular flexibility index (Phi) is 3.25. The van der Waals surface area contributed by atoms with E-state index in [0.29, 0.717) is 16.6 Å². The maximum atomic E-state index is 13.2. The molecule has 0 aliphatic heterocycles. The molecule has 0 unspecified atom stereocenters. The minimum absolute atomic E-state index is 0.314. The number of alkyl halides is 3. The Morgan fingerprint density at radius 1 is 0.852 bits per heavy atom. The quantitative estimate of drug-likeness (QED) is 0.400. The molecule has 2 aromatic carbocycles. The molecule has 0 atom stereocenters. The van der Waals surface area contributed by atoms with Gasteiger partial charge < -0.3 is 4.98 Å². The standard InChI is InChI=1S/C21H12F3N3/c22-21(23,24)13-5-6-15-17(11-13)27-19(12-7-9-25-10-8-12)20-18(15)14-3-1-2-4-16(14)26-20/h1-11,26H. The van der Waals surface area contributed by atoms with Crippen LogP contribution < -0.4 is 0 Å². The molecule has 5 rings (SSSR count). The molecule has 0 radical (unpaired) electrons. The van der Waals surface area contributed by atoms with Gasteiger partial charge in [-0.15, -0.1) is 0 Å². The monoisotopic (exact) mass is 363 g/mol. The van der Waals surface area contributed by atoms with Gasteiger partial charge in [0.2, 0.25) is 0 Å². The summed E-state index contributed by atoms with van der Waals surface area (Å²) in [4.78, 5) is 12.0. The van der Waals surface area contributed by atoms with Crippen LogP contribution in [0.3, 0.4) is 0 Å². The molecule has 5 aromatic rings. The van der Waals surface area contributed by atoms with Gasteiger partial charge in [-0.3, -0.25) is 4.98 Å². The number of nitrogens with one attached hydrogen (secondary N) is 1. The van der Waals surface area contributed by atoms with Gasteiger partial charge in [-0.25, -0.2) is 4.98 Å². The molecule has 3 nitrogen and oxygen atoms in total. The number of hydrogen-bond donors (Lipinski definition) is 1. The van der Waals surface area contributed by atoms with Gasteiger partial charge in [0.15, 0.2) is 0 Å². The van der Waals surface area contributed by atoms with Gasteiger partial charge in [-0.2, -0.15) is 13.2 Å². The van der Waals surface area contributed by atoms with Gasteiger partial charge in [-0.1, -0.05) is 24.3 Å². The van der Waals surface area contributed by atoms with Crippen LogP contribution in [0.25, 0.3) is 44.0 Å². The number of aromatic nitrogens is 3. The fourth-order valence-corrected chi connectivity index (χ4v) is 3.51. The highest BCUT2D eigenvalue weighted by molar-refractivity contribution is 6.22. The highest BCUT2D eigenvalue weighted by Gasteiger charge is 2.31. The third-order valence-electron chi connectivity index (χ3n) is 4.72. The number of nitrogens with zero attached hydrogens (tertiary/aromatic N) is 2. The van der Waals surface area contributed by atoms with Crippen LogP contribution in [-0.4, -0.2) is 15.0 Å². The zero-order valence-electron chi connectivity index (χ0n) is 13.9. The summed E-state index contributed by atoms with van der Waals surface area (Å²) in [5.74, 6) is 0. The van der Waals surface area contributed by atoms with E-state index in [9.17, 15) is 13.2 Å². The number of aromatic amines is 1. The molecule has 0 aliphatic rings. The van der Waals surface area contributed by atoms with E-state index < -0.39 is 11.7 Å². The third-order valence-corrected chi connectivity index (χ3v) is 4.72. The molecule has 3 heterocycles. The van der Waals surface area contributed by atoms with Crippen LogP contribution in [0.2, 0.25) is 0 Å². The lowest BCUT2D eigenvalue weighted by molar-refractivity contribution is -0.137. The van der Waals surface area contributed by atoms with E-state index in [1.807, 2.05) is 24.3 Å². The van der Waals surface area contributed by atoms with Crippen molar-refractivity contribution in [2.45, 2.75) is 6.18 Å². The van der Waals surface area contributed by atoms with E-state index in [4.69, 9.17) is 0 Å². The second-order valence-corrected chi connectivity index (χ2v) is 6.35. The molecule has 0 amide bonds. The van der Waals surface area contributed by atoms with Crippen LogP contribution in [0.15, 0.2) is 67.0 Å². The number of rotatable bonds is 1. The van der Waals surface area contributed by atoms with Crippen LogP contribution in [0.4, 0.5) is 13.2 Å². The lowest BCUT2D eigenvalue weighted by atomic mass is 10.0. The second-order valence-electron chi connectivity index (χ2n) is 6.35. The van der Waals surface area contributed by atoms with Crippen LogP contribution in [0.5, 0.6) is 0 Å². The molecule has 0 bridgehead atoms. The molecule has 0 fully saturated rings. The normalized spacial score (nSPS) is 12.3. The molecule has 27 heavy (non-hydrogen) atoms. The number of halogens is 3. The van der Waals surface area contributed by atoms with E-state index >= 15 is 0 Å². The molecule has 1 N–H and O–H groups in total. The fourth-order valence-electron chi connectivity index (χ4n) is 3.51. The Morgan fingerprint density at radius 3 is 2.41 bits per heavy atom. The molecular weight excluding hydrogens is 351 g/mol. The van der Waals surface area contributed by atoms with Crippen molar-refractivity contribution in [2.75, 3.05) is 0 Å². The molecule has 132 valence electrons. The number of pyridine rings is 2. The number of hydrogen-bond acceptors (Lipinski definition) is 2. The van der Waals surface area contributed by atoms with Gasteiger partial charge in [0.1, 0.15) is 0 Å². The van der Waals surface area contributed by atoms with Crippen molar-refractivity contribution in [3.8, 4) is 11.3 Å². The van der Waals surface area contributed by atoms with Gasteiger partial charge in [0.05, 0.1) is 22.3 Å². The van der Waals surface area contributed by atoms with E-state index in [1.54, 1.807) is 24.5 Å². The van der Waals surface area contributed by atoms with Crippen molar-refractivity contribution < 1.29 is 13.2 Å². The summed E-state index contributed by atoms with van der Waals surface area (Å²) in [6.07, 6.45) is -1.13. The molecular formula is C21H12F3N3. The topological polar surface area (TPSA) is 41.6 Å². The highest BCUT2D eigenvalue weighted by atomic mass is 19.4. The summed E-state index contributed by atoms with van der Waals surface area (Å²) in [5.41, 5.74) is 2.72. The molecule has 3 aromatic heterocycles. The molecule has 0 saturated carbocycles. The number of para-hydroxylation sites is 1. The summed E-state index contributed by atoms with van der Waals surface area (Å²) in [7, 11) is 0. The lowest BCUT2D eigenvalue weighted by Gasteiger charge is -2.10. The number of fused-ring (bicyclic) bond motifs is 5. The van der Waals surface area contributed by atoms with Crippen LogP contribution in [-0.2, 0) is 6.18 Å².